The van der Waals surface area contributed by atoms with E-state index in [1.807, 2.05) is 0 Å². The first-order valence-electron chi connectivity index (χ1n) is 6.89. The van der Waals surface area contributed by atoms with Crippen LogP contribution in [0.3, 0.4) is 0 Å². The molecule has 0 aliphatic carbocycles. The van der Waals surface area contributed by atoms with Crippen LogP contribution in [0.15, 0.2) is 32.1 Å². The number of carbonyl (C=O) groups is 2. The van der Waals surface area contributed by atoms with Crippen LogP contribution in [0.2, 0.25) is 0 Å². The van der Waals surface area contributed by atoms with Crippen molar-refractivity contribution >= 4 is 90.1 Å². The molecule has 1 fully saturated rings. The minimum atomic E-state index is -2.13. The highest BCUT2D eigenvalue weighted by Gasteiger charge is 2.46. The Kier molecular flexibility index (Phi) is 6.44. The van der Waals surface area contributed by atoms with Crippen LogP contribution >= 0.6 is 66.7 Å². The number of hydrogen-bond acceptors (Lipinski definition) is 4. The normalized spacial score (nSPS) is 18.7. The summed E-state index contributed by atoms with van der Waals surface area (Å²) in [5, 5.41) is 9.89. The third-order valence-corrected chi connectivity index (χ3v) is 4.68. The van der Waals surface area contributed by atoms with Gasteiger partial charge >= 0.3 is 11.9 Å². The summed E-state index contributed by atoms with van der Waals surface area (Å²) in [6.07, 6.45) is -1.81. The van der Waals surface area contributed by atoms with Gasteiger partial charge in [0.25, 0.3) is 0 Å². The Morgan fingerprint density at radius 1 is 1.12 bits per heavy atom. The van der Waals surface area contributed by atoms with Gasteiger partial charge in [-0.15, -0.1) is 0 Å². The number of nitrogens with zero attached hydrogens (tertiary/aromatic N) is 3. The summed E-state index contributed by atoms with van der Waals surface area (Å²) in [5.41, 5.74) is 0.329. The van der Waals surface area contributed by atoms with E-state index in [4.69, 9.17) is 34.8 Å². The topological polar surface area (TPSA) is 73.2 Å². The van der Waals surface area contributed by atoms with Gasteiger partial charge in [-0.3, -0.25) is 9.69 Å². The fourth-order valence-electron chi connectivity index (χ4n) is 2.16. The molecule has 1 aromatic carbocycles. The van der Waals surface area contributed by atoms with Crippen LogP contribution in [0.5, 0.6) is 0 Å². The number of alkyl halides is 3. The third-order valence-electron chi connectivity index (χ3n) is 3.18. The molecule has 136 valence electrons. The molecular formula is C14H12Br2Cl3N3O3. The Bertz CT molecular complexity index is 732. The lowest BCUT2D eigenvalue weighted by Gasteiger charge is -2.21. The number of carbonyl (C=O) groups excluding carboxylic acids is 2. The first kappa shape index (κ1) is 20.9. The molecule has 1 unspecified atom stereocenters. The highest BCUT2D eigenvalue weighted by molar-refractivity contribution is 9.11. The van der Waals surface area contributed by atoms with E-state index in [2.05, 4.69) is 36.9 Å². The first-order chi connectivity index (χ1) is 11.4. The van der Waals surface area contributed by atoms with Gasteiger partial charge in [-0.2, -0.15) is 0 Å². The second-order valence-electron chi connectivity index (χ2n) is 5.38. The van der Waals surface area contributed by atoms with Crippen LogP contribution in [0, 0.1) is 0 Å². The number of amides is 3. The number of amidine groups is 1. The third kappa shape index (κ3) is 4.48. The summed E-state index contributed by atoms with van der Waals surface area (Å²) >= 11 is 23.4. The molecule has 2 rings (SSSR count). The van der Waals surface area contributed by atoms with Gasteiger partial charge in [-0.1, -0.05) is 66.7 Å². The maximum Gasteiger partial charge on any atom is 0.337 e. The van der Waals surface area contributed by atoms with Crippen LogP contribution < -0.4 is 4.90 Å². The van der Waals surface area contributed by atoms with E-state index in [0.717, 1.165) is 9.80 Å². The number of aliphatic hydroxyl groups is 1. The van der Waals surface area contributed by atoms with Crippen molar-refractivity contribution in [3.05, 3.63) is 27.1 Å². The maximum absolute atomic E-state index is 12.8. The average molecular weight is 536 g/mol. The molecule has 1 aliphatic heterocycles. The lowest BCUT2D eigenvalue weighted by atomic mass is 10.3. The SMILES string of the molecule is CC(C)N1C(=O)N(c2cc(Br)cc(Br)c2)C(=O)C1=NC(O)C(Cl)(Cl)Cl. The number of halogens is 5. The van der Waals surface area contributed by atoms with Crippen molar-refractivity contribution < 1.29 is 14.7 Å². The van der Waals surface area contributed by atoms with Crippen molar-refractivity contribution in [2.24, 2.45) is 4.99 Å². The summed E-state index contributed by atoms with van der Waals surface area (Å²) in [5.74, 6) is -1.02. The van der Waals surface area contributed by atoms with Gasteiger partial charge in [-0.25, -0.2) is 14.7 Å². The molecule has 1 saturated heterocycles. The number of aliphatic imine (C=N–C) groups is 1. The lowest BCUT2D eigenvalue weighted by molar-refractivity contribution is -0.111. The molecule has 0 spiro atoms. The molecular weight excluding hydrogens is 524 g/mol. The van der Waals surface area contributed by atoms with E-state index in [-0.39, 0.29) is 5.84 Å². The molecule has 0 bridgehead atoms. The molecule has 0 radical (unpaired) electrons. The quantitative estimate of drug-likeness (QED) is 0.458. The lowest BCUT2D eigenvalue weighted by Crippen LogP contribution is -2.39. The number of hydrogen-bond donors (Lipinski definition) is 1. The van der Waals surface area contributed by atoms with Crippen molar-refractivity contribution in [3.8, 4) is 0 Å². The summed E-state index contributed by atoms with van der Waals surface area (Å²) in [6, 6.07) is 3.95. The molecule has 25 heavy (non-hydrogen) atoms. The van der Waals surface area contributed by atoms with Gasteiger partial charge in [-0.05, 0) is 32.0 Å². The summed E-state index contributed by atoms with van der Waals surface area (Å²) in [6.45, 7) is 3.39. The molecule has 0 saturated carbocycles. The van der Waals surface area contributed by atoms with Gasteiger partial charge in [0, 0.05) is 15.0 Å². The Hall–Kier alpha value is -0.380. The largest absolute Gasteiger partial charge is 0.368 e. The van der Waals surface area contributed by atoms with Gasteiger partial charge in [0.05, 0.1) is 5.69 Å². The predicted molar refractivity (Wildman–Crippen MR) is 105 cm³/mol. The van der Waals surface area contributed by atoms with Crippen molar-refractivity contribution in [2.45, 2.75) is 29.9 Å². The molecule has 11 heteroatoms. The molecule has 6 nitrogen and oxygen atoms in total. The molecule has 1 atom stereocenters. The van der Waals surface area contributed by atoms with Crippen LogP contribution in [-0.2, 0) is 4.79 Å². The Morgan fingerprint density at radius 3 is 2.08 bits per heavy atom. The zero-order valence-electron chi connectivity index (χ0n) is 12.9. The van der Waals surface area contributed by atoms with E-state index in [0.29, 0.717) is 14.6 Å². The highest BCUT2D eigenvalue weighted by Crippen LogP contribution is 2.33. The highest BCUT2D eigenvalue weighted by atomic mass is 79.9. The molecule has 1 heterocycles. The first-order valence-corrected chi connectivity index (χ1v) is 9.61. The molecule has 0 aromatic heterocycles. The van der Waals surface area contributed by atoms with Gasteiger partial charge in [0.2, 0.25) is 9.63 Å². The number of aliphatic hydroxyl groups excluding tert-OH is 1. The number of anilines is 1. The fourth-order valence-corrected chi connectivity index (χ4v) is 3.57. The van der Waals surface area contributed by atoms with Crippen LogP contribution in [0.25, 0.3) is 0 Å². The van der Waals surface area contributed by atoms with Crippen LogP contribution in [-0.4, -0.2) is 43.8 Å². The van der Waals surface area contributed by atoms with Gasteiger partial charge in [0.1, 0.15) is 0 Å². The van der Waals surface area contributed by atoms with Crippen LogP contribution in [0.1, 0.15) is 13.8 Å². The number of imide groups is 1. The zero-order chi connectivity index (χ0) is 19.1. The van der Waals surface area contributed by atoms with E-state index in [1.54, 1.807) is 32.0 Å². The fraction of sp³-hybridized carbons (Fsp3) is 0.357. The Labute approximate surface area is 176 Å². The minimum Gasteiger partial charge on any atom is -0.368 e. The van der Waals surface area contributed by atoms with E-state index in [9.17, 15) is 14.7 Å². The van der Waals surface area contributed by atoms with Crippen molar-refractivity contribution in [3.63, 3.8) is 0 Å². The van der Waals surface area contributed by atoms with Gasteiger partial charge < -0.3 is 5.11 Å². The van der Waals surface area contributed by atoms with Crippen molar-refractivity contribution in [1.29, 1.82) is 0 Å². The molecule has 3 amide bonds. The predicted octanol–water partition coefficient (Wildman–Crippen LogP) is 4.48. The minimum absolute atomic E-state index is 0.296. The van der Waals surface area contributed by atoms with Crippen LogP contribution in [0.4, 0.5) is 10.5 Å². The van der Waals surface area contributed by atoms with Gasteiger partial charge in [0.15, 0.2) is 6.23 Å². The molecule has 1 N–H and O–H groups in total. The Morgan fingerprint density at radius 2 is 1.64 bits per heavy atom. The Balaban J connectivity index is 2.54. The summed E-state index contributed by atoms with van der Waals surface area (Å²) in [7, 11) is 0. The standard InChI is InChI=1S/C14H12Br2Cl3N3O3/c1-6(2)21-10(20-12(24)14(17,18)19)11(23)22(13(21)25)9-4-7(15)3-8(16)5-9/h3-6,12,24H,1-2H3. The second kappa shape index (κ2) is 7.70. The second-order valence-corrected chi connectivity index (χ2v) is 9.58. The van der Waals surface area contributed by atoms with E-state index in [1.165, 1.54) is 0 Å². The summed E-state index contributed by atoms with van der Waals surface area (Å²) in [4.78, 5) is 31.4. The molecule has 1 aliphatic rings. The number of urea groups is 1. The monoisotopic (exact) mass is 533 g/mol. The maximum atomic E-state index is 12.8. The van der Waals surface area contributed by atoms with E-state index >= 15 is 0 Å². The zero-order valence-corrected chi connectivity index (χ0v) is 18.3. The van der Waals surface area contributed by atoms with Crippen molar-refractivity contribution in [2.75, 3.05) is 4.90 Å². The molecule has 1 aromatic rings. The average Bonchev–Trinajstić information content (AvgIpc) is 2.67. The van der Waals surface area contributed by atoms with Crippen molar-refractivity contribution in [1.82, 2.24) is 4.90 Å². The number of rotatable bonds is 3. The van der Waals surface area contributed by atoms with E-state index < -0.39 is 28.0 Å². The number of benzene rings is 1. The summed E-state index contributed by atoms with van der Waals surface area (Å²) < 4.78 is -0.800. The smallest absolute Gasteiger partial charge is 0.337 e.